The molecule has 18 heavy (non-hydrogen) atoms. The highest BCUT2D eigenvalue weighted by Gasteiger charge is 2.17. The SMILES string of the molecule is Cc1cccc(-c2ncn(C3CCCCO3)n2)n1. The quantitative estimate of drug-likeness (QED) is 0.813. The van der Waals surface area contributed by atoms with E-state index in [1.807, 2.05) is 25.1 Å². The fourth-order valence-corrected chi connectivity index (χ4v) is 2.13. The number of ether oxygens (including phenoxy) is 1. The summed E-state index contributed by atoms with van der Waals surface area (Å²) < 4.78 is 7.48. The summed E-state index contributed by atoms with van der Waals surface area (Å²) in [4.78, 5) is 8.73. The van der Waals surface area contributed by atoms with Crippen LogP contribution in [0.25, 0.3) is 11.5 Å². The molecule has 0 amide bonds. The second kappa shape index (κ2) is 4.86. The molecular formula is C13H16N4O. The minimum Gasteiger partial charge on any atom is -0.356 e. The second-order valence-electron chi connectivity index (χ2n) is 4.53. The highest BCUT2D eigenvalue weighted by atomic mass is 16.5. The Morgan fingerprint density at radius 2 is 2.28 bits per heavy atom. The standard InChI is InChI=1S/C13H16N4O/c1-10-5-4-6-11(15-10)13-14-9-17(16-13)12-7-2-3-8-18-12/h4-6,9,12H,2-3,7-8H2,1H3. The number of hydrogen-bond acceptors (Lipinski definition) is 4. The van der Waals surface area contributed by atoms with Crippen molar-refractivity contribution in [3.63, 3.8) is 0 Å². The largest absolute Gasteiger partial charge is 0.356 e. The van der Waals surface area contributed by atoms with Gasteiger partial charge in [0.2, 0.25) is 0 Å². The molecule has 1 unspecified atom stereocenters. The van der Waals surface area contributed by atoms with Gasteiger partial charge < -0.3 is 4.74 Å². The number of rotatable bonds is 2. The molecule has 0 aliphatic carbocycles. The average molecular weight is 244 g/mol. The lowest BCUT2D eigenvalue weighted by Crippen LogP contribution is -2.18. The predicted octanol–water partition coefficient (Wildman–Crippen LogP) is 2.35. The molecule has 94 valence electrons. The number of aryl methyl sites for hydroxylation is 1. The Morgan fingerprint density at radius 1 is 1.33 bits per heavy atom. The summed E-state index contributed by atoms with van der Waals surface area (Å²) in [6, 6.07) is 5.86. The Kier molecular flexibility index (Phi) is 3.06. The van der Waals surface area contributed by atoms with Crippen LogP contribution in [0, 0.1) is 6.92 Å². The van der Waals surface area contributed by atoms with Crippen LogP contribution >= 0.6 is 0 Å². The molecule has 2 aromatic heterocycles. The molecule has 1 saturated heterocycles. The maximum atomic E-state index is 5.68. The van der Waals surface area contributed by atoms with Crippen molar-refractivity contribution in [2.45, 2.75) is 32.4 Å². The van der Waals surface area contributed by atoms with Gasteiger partial charge in [-0.3, -0.25) is 0 Å². The molecule has 1 fully saturated rings. The summed E-state index contributed by atoms with van der Waals surface area (Å²) in [6.07, 6.45) is 5.09. The maximum Gasteiger partial charge on any atom is 0.199 e. The number of pyridine rings is 1. The number of hydrogen-bond donors (Lipinski definition) is 0. The van der Waals surface area contributed by atoms with E-state index in [4.69, 9.17) is 4.74 Å². The van der Waals surface area contributed by atoms with Gasteiger partial charge in [-0.05, 0) is 38.3 Å². The average Bonchev–Trinajstić information content (AvgIpc) is 2.89. The topological polar surface area (TPSA) is 52.8 Å². The molecule has 5 heteroatoms. The van der Waals surface area contributed by atoms with E-state index >= 15 is 0 Å². The first-order chi connectivity index (χ1) is 8.83. The smallest absolute Gasteiger partial charge is 0.199 e. The molecule has 1 aliphatic heterocycles. The number of nitrogens with zero attached hydrogens (tertiary/aromatic N) is 4. The molecule has 3 heterocycles. The summed E-state index contributed by atoms with van der Waals surface area (Å²) in [5.41, 5.74) is 1.78. The van der Waals surface area contributed by atoms with Crippen LogP contribution in [0.5, 0.6) is 0 Å². The van der Waals surface area contributed by atoms with Gasteiger partial charge in [-0.1, -0.05) is 6.07 Å². The van der Waals surface area contributed by atoms with Crippen LogP contribution < -0.4 is 0 Å². The third kappa shape index (κ3) is 2.26. The molecule has 0 N–H and O–H groups in total. The first-order valence-corrected chi connectivity index (χ1v) is 6.30. The molecule has 0 radical (unpaired) electrons. The van der Waals surface area contributed by atoms with Gasteiger partial charge in [0.15, 0.2) is 12.1 Å². The Hall–Kier alpha value is -1.75. The number of aromatic nitrogens is 4. The molecule has 0 spiro atoms. The maximum absolute atomic E-state index is 5.68. The van der Waals surface area contributed by atoms with Gasteiger partial charge in [-0.15, -0.1) is 5.10 Å². The third-order valence-corrected chi connectivity index (χ3v) is 3.08. The van der Waals surface area contributed by atoms with Crippen molar-refractivity contribution in [1.29, 1.82) is 0 Å². The van der Waals surface area contributed by atoms with Gasteiger partial charge in [-0.25, -0.2) is 14.6 Å². The molecule has 3 rings (SSSR count). The molecular weight excluding hydrogens is 228 g/mol. The lowest BCUT2D eigenvalue weighted by atomic mass is 10.2. The van der Waals surface area contributed by atoms with E-state index in [0.717, 1.165) is 30.8 Å². The van der Waals surface area contributed by atoms with Crippen LogP contribution in [-0.2, 0) is 4.74 Å². The second-order valence-corrected chi connectivity index (χ2v) is 4.53. The third-order valence-electron chi connectivity index (χ3n) is 3.08. The van der Waals surface area contributed by atoms with E-state index in [2.05, 4.69) is 15.1 Å². The Balaban J connectivity index is 1.84. The zero-order valence-electron chi connectivity index (χ0n) is 10.4. The summed E-state index contributed by atoms with van der Waals surface area (Å²) in [6.45, 7) is 2.77. The Labute approximate surface area is 106 Å². The summed E-state index contributed by atoms with van der Waals surface area (Å²) in [5, 5.41) is 4.46. The van der Waals surface area contributed by atoms with Crippen molar-refractivity contribution < 1.29 is 4.74 Å². The van der Waals surface area contributed by atoms with Crippen molar-refractivity contribution in [3.8, 4) is 11.5 Å². The molecule has 1 aliphatic rings. The zero-order valence-corrected chi connectivity index (χ0v) is 10.4. The van der Waals surface area contributed by atoms with E-state index in [9.17, 15) is 0 Å². The minimum absolute atomic E-state index is 0.0322. The van der Waals surface area contributed by atoms with Crippen molar-refractivity contribution in [3.05, 3.63) is 30.2 Å². The zero-order chi connectivity index (χ0) is 12.4. The normalized spacial score (nSPS) is 19.9. The van der Waals surface area contributed by atoms with Gasteiger partial charge >= 0.3 is 0 Å². The highest BCUT2D eigenvalue weighted by molar-refractivity contribution is 5.47. The Morgan fingerprint density at radius 3 is 3.06 bits per heavy atom. The monoisotopic (exact) mass is 244 g/mol. The van der Waals surface area contributed by atoms with E-state index < -0.39 is 0 Å². The van der Waals surface area contributed by atoms with E-state index in [1.165, 1.54) is 6.42 Å². The summed E-state index contributed by atoms with van der Waals surface area (Å²) in [7, 11) is 0. The minimum atomic E-state index is 0.0322. The van der Waals surface area contributed by atoms with Crippen molar-refractivity contribution in [1.82, 2.24) is 19.7 Å². The van der Waals surface area contributed by atoms with E-state index in [-0.39, 0.29) is 6.23 Å². The van der Waals surface area contributed by atoms with Crippen molar-refractivity contribution in [2.24, 2.45) is 0 Å². The fraction of sp³-hybridized carbons (Fsp3) is 0.462. The van der Waals surface area contributed by atoms with Gasteiger partial charge in [0.25, 0.3) is 0 Å². The molecule has 2 aromatic rings. The Bertz CT molecular complexity index is 531. The van der Waals surface area contributed by atoms with Gasteiger partial charge in [0.05, 0.1) is 0 Å². The van der Waals surface area contributed by atoms with Gasteiger partial charge in [-0.2, -0.15) is 0 Å². The molecule has 1 atom stereocenters. The molecule has 0 saturated carbocycles. The van der Waals surface area contributed by atoms with Crippen LogP contribution in [0.4, 0.5) is 0 Å². The lowest BCUT2D eigenvalue weighted by Gasteiger charge is -2.21. The predicted molar refractivity (Wildman–Crippen MR) is 66.8 cm³/mol. The van der Waals surface area contributed by atoms with Crippen LogP contribution in [0.3, 0.4) is 0 Å². The molecule has 0 bridgehead atoms. The highest BCUT2D eigenvalue weighted by Crippen LogP contribution is 2.22. The van der Waals surface area contributed by atoms with Crippen molar-refractivity contribution in [2.75, 3.05) is 6.61 Å². The summed E-state index contributed by atoms with van der Waals surface area (Å²) in [5.74, 6) is 0.660. The lowest BCUT2D eigenvalue weighted by molar-refractivity contribution is -0.0395. The van der Waals surface area contributed by atoms with E-state index in [0.29, 0.717) is 5.82 Å². The molecule has 5 nitrogen and oxygen atoms in total. The molecule has 0 aromatic carbocycles. The van der Waals surface area contributed by atoms with Crippen LogP contribution in [0.1, 0.15) is 31.2 Å². The van der Waals surface area contributed by atoms with Crippen LogP contribution in [0.2, 0.25) is 0 Å². The van der Waals surface area contributed by atoms with Crippen molar-refractivity contribution >= 4 is 0 Å². The van der Waals surface area contributed by atoms with Gasteiger partial charge in [0.1, 0.15) is 12.0 Å². The first-order valence-electron chi connectivity index (χ1n) is 6.30. The first kappa shape index (κ1) is 11.3. The van der Waals surface area contributed by atoms with Crippen LogP contribution in [0.15, 0.2) is 24.5 Å². The van der Waals surface area contributed by atoms with Gasteiger partial charge in [0, 0.05) is 12.3 Å². The van der Waals surface area contributed by atoms with E-state index in [1.54, 1.807) is 11.0 Å². The van der Waals surface area contributed by atoms with Crippen LogP contribution in [-0.4, -0.2) is 26.4 Å². The summed E-state index contributed by atoms with van der Waals surface area (Å²) >= 11 is 0. The fourth-order valence-electron chi connectivity index (χ4n) is 2.13.